The molecule has 1 aromatic rings. The summed E-state index contributed by atoms with van der Waals surface area (Å²) in [6.07, 6.45) is -3.84. The van der Waals surface area contributed by atoms with Crippen molar-refractivity contribution >= 4 is 11.9 Å². The number of hydrogen-bond acceptors (Lipinski definition) is 4. The van der Waals surface area contributed by atoms with Gasteiger partial charge < -0.3 is 15.2 Å². The summed E-state index contributed by atoms with van der Waals surface area (Å²) in [4.78, 5) is 22.0. The maximum atomic E-state index is 13.7. The number of amides is 1. The maximum absolute atomic E-state index is 13.7. The molecule has 2 rings (SSSR count). The number of nitrogens with two attached hydrogens (primary N) is 1. The van der Waals surface area contributed by atoms with Crippen LogP contribution in [-0.2, 0) is 14.3 Å². The summed E-state index contributed by atoms with van der Waals surface area (Å²) in [5, 5.41) is 0. The summed E-state index contributed by atoms with van der Waals surface area (Å²) < 4.78 is 49.5. The van der Waals surface area contributed by atoms with E-state index in [2.05, 4.69) is 4.74 Å². The second-order valence-electron chi connectivity index (χ2n) is 4.24. The lowest BCUT2D eigenvalue weighted by molar-refractivity contribution is -0.143. The zero-order valence-corrected chi connectivity index (χ0v) is 10.1. The highest BCUT2D eigenvalue weighted by Crippen LogP contribution is 2.32. The molecule has 0 spiro atoms. The van der Waals surface area contributed by atoms with Gasteiger partial charge in [0.2, 0.25) is 0 Å². The molecule has 1 aliphatic rings. The highest BCUT2D eigenvalue weighted by Gasteiger charge is 2.36. The predicted molar refractivity (Wildman–Crippen MR) is 59.1 cm³/mol. The van der Waals surface area contributed by atoms with Crippen LogP contribution in [0.3, 0.4) is 0 Å². The van der Waals surface area contributed by atoms with Crippen molar-refractivity contribution in [3.05, 3.63) is 35.1 Å². The SMILES string of the molecule is NC(=O)O[C@H]1CC(=O)CO[C@@H]1c1cc(F)c(F)cc1F. The summed E-state index contributed by atoms with van der Waals surface area (Å²) >= 11 is 0. The van der Waals surface area contributed by atoms with Crippen LogP contribution in [0.1, 0.15) is 18.1 Å². The van der Waals surface area contributed by atoms with E-state index in [0.717, 1.165) is 0 Å². The van der Waals surface area contributed by atoms with Crippen LogP contribution in [0.25, 0.3) is 0 Å². The Morgan fingerprint density at radius 3 is 2.55 bits per heavy atom. The van der Waals surface area contributed by atoms with E-state index in [-0.39, 0.29) is 24.4 Å². The molecule has 2 atom stereocenters. The summed E-state index contributed by atoms with van der Waals surface area (Å²) in [5.74, 6) is -4.08. The maximum Gasteiger partial charge on any atom is 0.404 e. The lowest BCUT2D eigenvalue weighted by Gasteiger charge is -2.30. The number of primary amides is 1. The average Bonchev–Trinajstić information content (AvgIpc) is 2.34. The molecule has 20 heavy (non-hydrogen) atoms. The fraction of sp³-hybridized carbons (Fsp3) is 0.333. The van der Waals surface area contributed by atoms with Crippen molar-refractivity contribution in [2.45, 2.75) is 18.6 Å². The second kappa shape index (κ2) is 5.49. The number of Topliss-reactive ketones (excluding diaryl/α,β-unsaturated/α-hetero) is 1. The zero-order valence-electron chi connectivity index (χ0n) is 10.1. The first-order valence-electron chi connectivity index (χ1n) is 5.62. The van der Waals surface area contributed by atoms with Crippen molar-refractivity contribution in [1.82, 2.24) is 0 Å². The van der Waals surface area contributed by atoms with Crippen LogP contribution in [0.5, 0.6) is 0 Å². The topological polar surface area (TPSA) is 78.6 Å². The van der Waals surface area contributed by atoms with E-state index in [9.17, 15) is 22.8 Å². The summed E-state index contributed by atoms with van der Waals surface area (Å²) in [7, 11) is 0. The van der Waals surface area contributed by atoms with E-state index in [4.69, 9.17) is 10.5 Å². The lowest BCUT2D eigenvalue weighted by atomic mass is 9.97. The molecule has 1 saturated heterocycles. The smallest absolute Gasteiger partial charge is 0.404 e. The van der Waals surface area contributed by atoms with Crippen molar-refractivity contribution in [2.75, 3.05) is 6.61 Å². The number of hydrogen-bond donors (Lipinski definition) is 1. The van der Waals surface area contributed by atoms with E-state index in [1.165, 1.54) is 0 Å². The number of rotatable bonds is 2. The molecular weight excluding hydrogens is 279 g/mol. The molecule has 0 radical (unpaired) electrons. The van der Waals surface area contributed by atoms with Gasteiger partial charge in [0.25, 0.3) is 0 Å². The molecule has 8 heteroatoms. The zero-order chi connectivity index (χ0) is 14.9. The fourth-order valence-electron chi connectivity index (χ4n) is 1.98. The first kappa shape index (κ1) is 14.3. The molecule has 0 unspecified atom stereocenters. The second-order valence-corrected chi connectivity index (χ2v) is 4.24. The van der Waals surface area contributed by atoms with Gasteiger partial charge in [-0.15, -0.1) is 0 Å². The van der Waals surface area contributed by atoms with E-state index in [1.807, 2.05) is 0 Å². The van der Waals surface area contributed by atoms with Crippen LogP contribution in [-0.4, -0.2) is 24.6 Å². The Labute approximate surface area is 111 Å². The molecule has 1 aliphatic heterocycles. The van der Waals surface area contributed by atoms with Gasteiger partial charge in [0.15, 0.2) is 17.4 Å². The minimum atomic E-state index is -1.36. The molecule has 0 saturated carbocycles. The normalized spacial score (nSPS) is 22.6. The minimum absolute atomic E-state index is 0.244. The highest BCUT2D eigenvalue weighted by molar-refractivity contribution is 5.81. The minimum Gasteiger partial charge on any atom is -0.443 e. The molecule has 0 aromatic heterocycles. The molecule has 1 heterocycles. The third-order valence-electron chi connectivity index (χ3n) is 2.80. The van der Waals surface area contributed by atoms with Crippen molar-refractivity contribution in [3.63, 3.8) is 0 Å². The van der Waals surface area contributed by atoms with Crippen LogP contribution < -0.4 is 5.73 Å². The van der Waals surface area contributed by atoms with Gasteiger partial charge >= 0.3 is 6.09 Å². The largest absolute Gasteiger partial charge is 0.443 e. The summed E-state index contributed by atoms with van der Waals surface area (Å²) in [5.41, 5.74) is 4.50. The monoisotopic (exact) mass is 289 g/mol. The number of benzene rings is 1. The van der Waals surface area contributed by atoms with Crippen LogP contribution in [0.2, 0.25) is 0 Å². The lowest BCUT2D eigenvalue weighted by Crippen LogP contribution is -2.38. The van der Waals surface area contributed by atoms with Crippen LogP contribution in [0.4, 0.5) is 18.0 Å². The quantitative estimate of drug-likeness (QED) is 0.839. The Bertz CT molecular complexity index is 562. The Kier molecular flexibility index (Phi) is 3.93. The number of carbonyl (C=O) groups excluding carboxylic acids is 2. The fourth-order valence-corrected chi connectivity index (χ4v) is 1.98. The van der Waals surface area contributed by atoms with Crippen LogP contribution in [0, 0.1) is 17.5 Å². The van der Waals surface area contributed by atoms with Gasteiger partial charge in [-0.2, -0.15) is 0 Å². The Balaban J connectivity index is 2.35. The van der Waals surface area contributed by atoms with Crippen molar-refractivity contribution in [2.24, 2.45) is 5.73 Å². The van der Waals surface area contributed by atoms with Gasteiger partial charge in [0, 0.05) is 18.1 Å². The number of carbonyl (C=O) groups is 2. The molecule has 0 bridgehead atoms. The Morgan fingerprint density at radius 1 is 1.25 bits per heavy atom. The summed E-state index contributed by atoms with van der Waals surface area (Å²) in [6.45, 7) is -0.346. The van der Waals surface area contributed by atoms with E-state index < -0.39 is 35.8 Å². The third kappa shape index (κ3) is 2.90. The van der Waals surface area contributed by atoms with E-state index in [0.29, 0.717) is 12.1 Å². The first-order valence-corrected chi connectivity index (χ1v) is 5.62. The summed E-state index contributed by atoms with van der Waals surface area (Å²) in [6, 6.07) is 0.953. The van der Waals surface area contributed by atoms with Crippen LogP contribution >= 0.6 is 0 Å². The molecule has 1 aromatic carbocycles. The third-order valence-corrected chi connectivity index (χ3v) is 2.80. The molecule has 1 amide bonds. The Hall–Kier alpha value is -2.09. The predicted octanol–water partition coefficient (Wildman–Crippen LogP) is 1.60. The van der Waals surface area contributed by atoms with Crippen LogP contribution in [0.15, 0.2) is 12.1 Å². The van der Waals surface area contributed by atoms with Gasteiger partial charge in [0.05, 0.1) is 0 Å². The van der Waals surface area contributed by atoms with E-state index >= 15 is 0 Å². The molecule has 2 N–H and O–H groups in total. The van der Waals surface area contributed by atoms with Crippen molar-refractivity contribution in [1.29, 1.82) is 0 Å². The molecular formula is C12H10F3NO4. The molecule has 0 aliphatic carbocycles. The average molecular weight is 289 g/mol. The standard InChI is InChI=1S/C12H10F3NO4/c13-7-3-9(15)8(14)2-6(7)11-10(20-12(16)18)1-5(17)4-19-11/h2-3,10-11H,1,4H2,(H2,16,18)/t10-,11+/m0/s1. The number of halogens is 3. The highest BCUT2D eigenvalue weighted by atomic mass is 19.2. The van der Waals surface area contributed by atoms with E-state index in [1.54, 1.807) is 0 Å². The first-order chi connectivity index (χ1) is 9.38. The van der Waals surface area contributed by atoms with Crippen molar-refractivity contribution in [3.8, 4) is 0 Å². The van der Waals surface area contributed by atoms with Gasteiger partial charge in [0.1, 0.15) is 24.6 Å². The van der Waals surface area contributed by atoms with Gasteiger partial charge in [-0.05, 0) is 6.07 Å². The number of ether oxygens (including phenoxy) is 2. The van der Waals surface area contributed by atoms with Crippen molar-refractivity contribution < 1.29 is 32.2 Å². The molecule has 108 valence electrons. The van der Waals surface area contributed by atoms with Gasteiger partial charge in [-0.3, -0.25) is 4.79 Å². The van der Waals surface area contributed by atoms with Gasteiger partial charge in [-0.25, -0.2) is 18.0 Å². The number of ketones is 1. The Morgan fingerprint density at radius 2 is 1.90 bits per heavy atom. The molecule has 1 fully saturated rings. The molecule has 5 nitrogen and oxygen atoms in total. The van der Waals surface area contributed by atoms with Gasteiger partial charge in [-0.1, -0.05) is 0 Å².